The van der Waals surface area contributed by atoms with Crippen molar-refractivity contribution in [3.63, 3.8) is 0 Å². The summed E-state index contributed by atoms with van der Waals surface area (Å²) in [6, 6.07) is 8.92. The van der Waals surface area contributed by atoms with E-state index >= 15 is 0 Å². The number of sulfonamides is 1. The topological polar surface area (TPSA) is 110 Å². The maximum absolute atomic E-state index is 12.7. The smallest absolute Gasteiger partial charge is 0.290 e. The molecule has 1 aliphatic heterocycles. The molecule has 0 aliphatic carbocycles. The molecule has 1 saturated heterocycles. The molecule has 2 aromatic rings. The van der Waals surface area contributed by atoms with Crippen LogP contribution in [-0.4, -0.2) is 25.8 Å². The predicted octanol–water partition coefficient (Wildman–Crippen LogP) is 3.14. The van der Waals surface area contributed by atoms with E-state index in [1.165, 1.54) is 24.3 Å². The molecule has 142 valence electrons. The van der Waals surface area contributed by atoms with Crippen LogP contribution >= 0.6 is 0 Å². The predicted molar refractivity (Wildman–Crippen MR) is 101 cm³/mol. The van der Waals surface area contributed by atoms with Crippen molar-refractivity contribution in [2.45, 2.75) is 31.6 Å². The third-order valence-corrected chi connectivity index (χ3v) is 5.98. The van der Waals surface area contributed by atoms with Crippen molar-refractivity contribution < 1.29 is 18.1 Å². The van der Waals surface area contributed by atoms with Gasteiger partial charge in [-0.2, -0.15) is 0 Å². The van der Waals surface area contributed by atoms with E-state index in [9.17, 15) is 23.3 Å². The molecule has 1 aliphatic rings. The van der Waals surface area contributed by atoms with E-state index in [2.05, 4.69) is 4.72 Å². The van der Waals surface area contributed by atoms with Crippen LogP contribution in [0.3, 0.4) is 0 Å². The molecule has 2 aromatic carbocycles. The average molecular weight is 389 g/mol. The fourth-order valence-electron chi connectivity index (χ4n) is 2.97. The van der Waals surface area contributed by atoms with Gasteiger partial charge in [-0.15, -0.1) is 0 Å². The van der Waals surface area contributed by atoms with Crippen molar-refractivity contribution in [2.75, 3.05) is 16.2 Å². The van der Waals surface area contributed by atoms with Gasteiger partial charge in [-0.1, -0.05) is 0 Å². The summed E-state index contributed by atoms with van der Waals surface area (Å²) in [4.78, 5) is 23.6. The summed E-state index contributed by atoms with van der Waals surface area (Å²) in [5, 5.41) is 11.3. The molecule has 8 nitrogen and oxygen atoms in total. The molecule has 27 heavy (non-hydrogen) atoms. The zero-order valence-corrected chi connectivity index (χ0v) is 15.7. The summed E-state index contributed by atoms with van der Waals surface area (Å²) >= 11 is 0. The normalized spacial score (nSPS) is 14.4. The number of nitrogens with one attached hydrogen (secondary N) is 1. The first-order valence-corrected chi connectivity index (χ1v) is 9.86. The zero-order chi connectivity index (χ0) is 19.8. The number of hydrogen-bond acceptors (Lipinski definition) is 5. The molecule has 1 heterocycles. The Morgan fingerprint density at radius 3 is 2.30 bits per heavy atom. The van der Waals surface area contributed by atoms with Crippen LogP contribution in [0.2, 0.25) is 0 Å². The largest absolute Gasteiger partial charge is 0.312 e. The fourth-order valence-corrected chi connectivity index (χ4v) is 4.27. The van der Waals surface area contributed by atoms with Crippen molar-refractivity contribution in [2.24, 2.45) is 0 Å². The second-order valence-corrected chi connectivity index (χ2v) is 8.11. The molecule has 3 rings (SSSR count). The Labute approximate surface area is 157 Å². The van der Waals surface area contributed by atoms with Gasteiger partial charge in [0.05, 0.1) is 4.92 Å². The molecule has 0 aromatic heterocycles. The highest BCUT2D eigenvalue weighted by Crippen LogP contribution is 2.30. The fraction of sp³-hybridized carbons (Fsp3) is 0.278. The Kier molecular flexibility index (Phi) is 4.88. The van der Waals surface area contributed by atoms with Gasteiger partial charge in [0.1, 0.15) is 0 Å². The van der Waals surface area contributed by atoms with Crippen LogP contribution in [-0.2, 0) is 14.8 Å². The lowest BCUT2D eigenvalue weighted by Crippen LogP contribution is -2.23. The molecule has 1 amide bonds. The molecule has 0 saturated carbocycles. The third-order valence-electron chi connectivity index (χ3n) is 4.57. The summed E-state index contributed by atoms with van der Waals surface area (Å²) < 4.78 is 27.8. The minimum atomic E-state index is -4.14. The Balaban J connectivity index is 1.90. The Morgan fingerprint density at radius 2 is 1.74 bits per heavy atom. The molecule has 1 N–H and O–H groups in total. The number of carbonyl (C=O) groups excluding carboxylic acids is 1. The number of benzene rings is 2. The number of rotatable bonds is 5. The highest BCUT2D eigenvalue weighted by molar-refractivity contribution is 7.92. The second-order valence-electron chi connectivity index (χ2n) is 6.46. The van der Waals surface area contributed by atoms with Crippen molar-refractivity contribution in [1.82, 2.24) is 0 Å². The zero-order valence-electron chi connectivity index (χ0n) is 14.9. The number of carbonyl (C=O) groups is 1. The van der Waals surface area contributed by atoms with Crippen LogP contribution < -0.4 is 9.62 Å². The van der Waals surface area contributed by atoms with E-state index in [-0.39, 0.29) is 16.5 Å². The Morgan fingerprint density at radius 1 is 1.11 bits per heavy atom. The second kappa shape index (κ2) is 6.99. The van der Waals surface area contributed by atoms with Gasteiger partial charge in [-0.05, 0) is 61.7 Å². The highest BCUT2D eigenvalue weighted by Gasteiger charge is 2.27. The number of hydrogen-bond donors (Lipinski definition) is 1. The van der Waals surface area contributed by atoms with E-state index in [0.29, 0.717) is 29.8 Å². The van der Waals surface area contributed by atoms with Gasteiger partial charge < -0.3 is 4.90 Å². The number of anilines is 2. The van der Waals surface area contributed by atoms with Crippen molar-refractivity contribution in [3.8, 4) is 0 Å². The summed E-state index contributed by atoms with van der Waals surface area (Å²) in [5.74, 6) is 0.0362. The average Bonchev–Trinajstić information content (AvgIpc) is 3.03. The highest BCUT2D eigenvalue weighted by atomic mass is 32.2. The van der Waals surface area contributed by atoms with Gasteiger partial charge in [-0.3, -0.25) is 19.6 Å². The van der Waals surface area contributed by atoms with Crippen molar-refractivity contribution >= 4 is 33.0 Å². The summed E-state index contributed by atoms with van der Waals surface area (Å²) in [6.45, 7) is 4.02. The maximum atomic E-state index is 12.7. The van der Waals surface area contributed by atoms with Gasteiger partial charge in [0.2, 0.25) is 5.91 Å². The van der Waals surface area contributed by atoms with E-state index in [1.54, 1.807) is 30.9 Å². The standard InChI is InChI=1S/C18H19N3O5S/c1-12-10-16(21(23)24)17(11-13(12)2)27(25,26)19-14-5-7-15(8-6-14)20-9-3-4-18(20)22/h5-8,10-11,19H,3-4,9H2,1-2H3. The van der Waals surface area contributed by atoms with E-state index in [0.717, 1.165) is 6.42 Å². The molecular formula is C18H19N3O5S. The van der Waals surface area contributed by atoms with E-state index in [4.69, 9.17) is 0 Å². The third kappa shape index (κ3) is 3.77. The molecule has 0 spiro atoms. The summed E-state index contributed by atoms with van der Waals surface area (Å²) in [7, 11) is -4.14. The van der Waals surface area contributed by atoms with Gasteiger partial charge in [0.25, 0.3) is 15.7 Å². The lowest BCUT2D eigenvalue weighted by Gasteiger charge is -2.16. The van der Waals surface area contributed by atoms with Crippen LogP contribution in [0.4, 0.5) is 17.1 Å². The molecule has 0 atom stereocenters. The molecule has 0 unspecified atom stereocenters. The quantitative estimate of drug-likeness (QED) is 0.624. The van der Waals surface area contributed by atoms with Crippen LogP contribution in [0.15, 0.2) is 41.3 Å². The molecule has 9 heteroatoms. The molecule has 0 bridgehead atoms. The van der Waals surface area contributed by atoms with Gasteiger partial charge >= 0.3 is 0 Å². The first kappa shape index (κ1) is 18.8. The SMILES string of the molecule is Cc1cc([N+](=O)[O-])c(S(=O)(=O)Nc2ccc(N3CCCC3=O)cc2)cc1C. The lowest BCUT2D eigenvalue weighted by atomic mass is 10.1. The van der Waals surface area contributed by atoms with Gasteiger partial charge in [0, 0.05) is 30.4 Å². The molecule has 1 fully saturated rings. The molecule has 0 radical (unpaired) electrons. The summed E-state index contributed by atoms with van der Waals surface area (Å²) in [6.07, 6.45) is 1.30. The number of nitro benzene ring substituents is 1. The van der Waals surface area contributed by atoms with Gasteiger partial charge in [-0.25, -0.2) is 8.42 Å². The van der Waals surface area contributed by atoms with Crippen molar-refractivity contribution in [1.29, 1.82) is 0 Å². The minimum absolute atomic E-state index is 0.0362. The number of nitro groups is 1. The molecular weight excluding hydrogens is 370 g/mol. The first-order chi connectivity index (χ1) is 12.7. The Hall–Kier alpha value is -2.94. The number of aryl methyl sites for hydroxylation is 2. The maximum Gasteiger partial charge on any atom is 0.290 e. The summed E-state index contributed by atoms with van der Waals surface area (Å²) in [5.41, 5.74) is 1.77. The van der Waals surface area contributed by atoms with E-state index < -0.39 is 20.6 Å². The van der Waals surface area contributed by atoms with Crippen molar-refractivity contribution in [3.05, 3.63) is 57.6 Å². The van der Waals surface area contributed by atoms with Crippen LogP contribution in [0.1, 0.15) is 24.0 Å². The lowest BCUT2D eigenvalue weighted by molar-refractivity contribution is -0.387. The van der Waals surface area contributed by atoms with Crippen LogP contribution in [0, 0.1) is 24.0 Å². The first-order valence-electron chi connectivity index (χ1n) is 8.38. The number of nitrogens with zero attached hydrogens (tertiary/aromatic N) is 2. The van der Waals surface area contributed by atoms with Crippen LogP contribution in [0.5, 0.6) is 0 Å². The minimum Gasteiger partial charge on any atom is -0.312 e. The number of amides is 1. The monoisotopic (exact) mass is 389 g/mol. The van der Waals surface area contributed by atoms with Crippen LogP contribution in [0.25, 0.3) is 0 Å². The van der Waals surface area contributed by atoms with E-state index in [1.807, 2.05) is 0 Å². The van der Waals surface area contributed by atoms with Gasteiger partial charge in [0.15, 0.2) is 4.90 Å². The Bertz CT molecular complexity index is 1020.